The van der Waals surface area contributed by atoms with Gasteiger partial charge in [0.05, 0.1) is 20.8 Å². The maximum Gasteiger partial charge on any atom is 0.329 e. The third-order valence-corrected chi connectivity index (χ3v) is 7.40. The number of rotatable bonds is 9. The van der Waals surface area contributed by atoms with E-state index in [1.54, 1.807) is 14.2 Å². The highest BCUT2D eigenvalue weighted by molar-refractivity contribution is 5.83. The van der Waals surface area contributed by atoms with Crippen LogP contribution in [0.5, 0.6) is 17.2 Å². The first-order chi connectivity index (χ1) is 18.4. The van der Waals surface area contributed by atoms with Crippen LogP contribution >= 0.6 is 0 Å². The fourth-order valence-corrected chi connectivity index (χ4v) is 5.16. The van der Waals surface area contributed by atoms with Crippen LogP contribution in [0.25, 0.3) is 11.1 Å². The third-order valence-electron chi connectivity index (χ3n) is 7.40. The van der Waals surface area contributed by atoms with Gasteiger partial charge in [-0.15, -0.1) is 0 Å². The lowest BCUT2D eigenvalue weighted by Gasteiger charge is -2.35. The van der Waals surface area contributed by atoms with E-state index in [2.05, 4.69) is 5.32 Å². The molecule has 0 spiro atoms. The number of para-hydroxylation sites is 1. The van der Waals surface area contributed by atoms with Crippen molar-refractivity contribution in [2.45, 2.75) is 38.0 Å². The van der Waals surface area contributed by atoms with Crippen LogP contribution in [0.15, 0.2) is 54.6 Å². The Morgan fingerprint density at radius 1 is 1.05 bits per heavy atom. The zero-order chi connectivity index (χ0) is 26.7. The molecule has 8 heteroatoms. The van der Waals surface area contributed by atoms with Crippen molar-refractivity contribution in [3.63, 3.8) is 0 Å². The van der Waals surface area contributed by atoms with Gasteiger partial charge in [0.2, 0.25) is 0 Å². The molecule has 1 unspecified atom stereocenters. The second kappa shape index (κ2) is 10.9. The molecule has 2 N–H and O–H groups in total. The van der Waals surface area contributed by atoms with Crippen LogP contribution in [0, 0.1) is 6.92 Å². The molecule has 2 aliphatic rings. The Morgan fingerprint density at radius 2 is 1.76 bits per heavy atom. The van der Waals surface area contributed by atoms with Crippen molar-refractivity contribution in [2.75, 3.05) is 39.4 Å². The number of anilines is 1. The fourth-order valence-electron chi connectivity index (χ4n) is 5.16. The van der Waals surface area contributed by atoms with E-state index in [0.717, 1.165) is 45.1 Å². The van der Waals surface area contributed by atoms with E-state index in [0.29, 0.717) is 45.0 Å². The number of methoxy groups -OCH3 is 2. The monoisotopic (exact) mass is 519 g/mol. The van der Waals surface area contributed by atoms with Gasteiger partial charge in [-0.25, -0.2) is 4.79 Å². The Labute approximate surface area is 222 Å². The average molecular weight is 520 g/mol. The van der Waals surface area contributed by atoms with Crippen LogP contribution < -0.4 is 19.5 Å². The highest BCUT2D eigenvalue weighted by atomic mass is 16.5. The minimum absolute atomic E-state index is 0.196. The molecule has 1 fully saturated rings. The minimum Gasteiger partial charge on any atom is -0.496 e. The summed E-state index contributed by atoms with van der Waals surface area (Å²) in [4.78, 5) is 12.3. The molecule has 0 amide bonds. The molecular formula is C30H33NO7. The summed E-state index contributed by atoms with van der Waals surface area (Å²) in [6, 6.07) is 17.7. The van der Waals surface area contributed by atoms with E-state index >= 15 is 0 Å². The standard InChI is InChI=1S/C30H33NO7/c1-19-26(34-2)15-20(16-27(19)35-3)23-9-8-22(31-30(29(32)33)10-12-36-13-11-30)14-21(23)17-37-28-18-38-25-7-5-4-6-24(25)28/h4-9,14-16,28,31H,10-13,17-18H2,1-3H3,(H,32,33). The predicted molar refractivity (Wildman–Crippen MR) is 143 cm³/mol. The molecular weight excluding hydrogens is 486 g/mol. The lowest BCUT2D eigenvalue weighted by Crippen LogP contribution is -2.50. The first kappa shape index (κ1) is 25.9. The summed E-state index contributed by atoms with van der Waals surface area (Å²) in [6.07, 6.45) is 0.579. The molecule has 2 aliphatic heterocycles. The number of carboxylic acids is 1. The molecule has 8 nitrogen and oxygen atoms in total. The number of benzene rings is 3. The highest BCUT2D eigenvalue weighted by Crippen LogP contribution is 2.39. The summed E-state index contributed by atoms with van der Waals surface area (Å²) in [5, 5.41) is 13.4. The van der Waals surface area contributed by atoms with Crippen molar-refractivity contribution in [1.82, 2.24) is 0 Å². The molecule has 3 aromatic carbocycles. The molecule has 38 heavy (non-hydrogen) atoms. The van der Waals surface area contributed by atoms with Gasteiger partial charge in [0.15, 0.2) is 0 Å². The van der Waals surface area contributed by atoms with Crippen LogP contribution in [0.2, 0.25) is 0 Å². The maximum atomic E-state index is 12.3. The highest BCUT2D eigenvalue weighted by Gasteiger charge is 2.40. The van der Waals surface area contributed by atoms with Gasteiger partial charge in [-0.3, -0.25) is 0 Å². The molecule has 0 bridgehead atoms. The van der Waals surface area contributed by atoms with Crippen LogP contribution in [0.3, 0.4) is 0 Å². The largest absolute Gasteiger partial charge is 0.496 e. The molecule has 5 rings (SSSR count). The molecule has 2 heterocycles. The second-order valence-corrected chi connectivity index (χ2v) is 9.65. The van der Waals surface area contributed by atoms with Crippen molar-refractivity contribution in [3.8, 4) is 28.4 Å². The number of hydrogen-bond donors (Lipinski definition) is 2. The third kappa shape index (κ3) is 5.01. The van der Waals surface area contributed by atoms with Crippen LogP contribution in [-0.4, -0.2) is 50.7 Å². The lowest BCUT2D eigenvalue weighted by atomic mass is 9.89. The van der Waals surface area contributed by atoms with Crippen LogP contribution in [0.4, 0.5) is 5.69 Å². The lowest BCUT2D eigenvalue weighted by molar-refractivity contribution is -0.145. The van der Waals surface area contributed by atoms with Gasteiger partial charge in [-0.2, -0.15) is 0 Å². The van der Waals surface area contributed by atoms with Crippen molar-refractivity contribution < 1.29 is 33.6 Å². The van der Waals surface area contributed by atoms with Gasteiger partial charge in [-0.05, 0) is 53.9 Å². The van der Waals surface area contributed by atoms with Gasteiger partial charge in [0.1, 0.15) is 35.5 Å². The smallest absolute Gasteiger partial charge is 0.329 e. The molecule has 1 atom stereocenters. The SMILES string of the molecule is COc1cc(-c2ccc(NC3(C(=O)O)CCOCC3)cc2COC2COc3ccccc32)cc(OC)c1C. The molecule has 0 radical (unpaired) electrons. The molecule has 0 saturated carbocycles. The van der Waals surface area contributed by atoms with Crippen LogP contribution in [0.1, 0.15) is 35.6 Å². The summed E-state index contributed by atoms with van der Waals surface area (Å²) in [7, 11) is 3.28. The van der Waals surface area contributed by atoms with Gasteiger partial charge in [-0.1, -0.05) is 24.3 Å². The summed E-state index contributed by atoms with van der Waals surface area (Å²) in [5.74, 6) is 1.40. The normalized spacial score (nSPS) is 17.8. The molecule has 0 aromatic heterocycles. The summed E-state index contributed by atoms with van der Waals surface area (Å²) in [6.45, 7) is 3.50. The molecule has 1 saturated heterocycles. The van der Waals surface area contributed by atoms with Gasteiger partial charge in [0, 0.05) is 42.9 Å². The quantitative estimate of drug-likeness (QED) is 0.389. The predicted octanol–water partition coefficient (Wildman–Crippen LogP) is 5.38. The number of ether oxygens (including phenoxy) is 5. The van der Waals surface area contributed by atoms with E-state index < -0.39 is 11.5 Å². The van der Waals surface area contributed by atoms with Crippen molar-refractivity contribution in [1.29, 1.82) is 0 Å². The Kier molecular flexibility index (Phi) is 7.44. The number of nitrogens with one attached hydrogen (secondary N) is 1. The summed E-state index contributed by atoms with van der Waals surface area (Å²) in [5.41, 5.74) is 4.33. The molecule has 0 aliphatic carbocycles. The molecule has 200 valence electrons. The fraction of sp³-hybridized carbons (Fsp3) is 0.367. The Hall–Kier alpha value is -3.75. The number of fused-ring (bicyclic) bond motifs is 1. The van der Waals surface area contributed by atoms with Gasteiger partial charge < -0.3 is 34.1 Å². The second-order valence-electron chi connectivity index (χ2n) is 9.65. The van der Waals surface area contributed by atoms with Gasteiger partial charge in [0.25, 0.3) is 0 Å². The summed E-state index contributed by atoms with van der Waals surface area (Å²) < 4.78 is 28.8. The van der Waals surface area contributed by atoms with Crippen molar-refractivity contribution in [3.05, 3.63) is 71.3 Å². The first-order valence-corrected chi connectivity index (χ1v) is 12.7. The number of carbonyl (C=O) groups is 1. The Bertz CT molecular complexity index is 1290. The maximum absolute atomic E-state index is 12.3. The zero-order valence-corrected chi connectivity index (χ0v) is 21.9. The van der Waals surface area contributed by atoms with Gasteiger partial charge >= 0.3 is 5.97 Å². The minimum atomic E-state index is -1.08. The van der Waals surface area contributed by atoms with E-state index in [1.807, 2.05) is 61.5 Å². The number of carboxylic acid groups (broad SMARTS) is 1. The van der Waals surface area contributed by atoms with E-state index in [1.165, 1.54) is 0 Å². The summed E-state index contributed by atoms with van der Waals surface area (Å²) >= 11 is 0. The number of hydrogen-bond acceptors (Lipinski definition) is 7. The van der Waals surface area contributed by atoms with E-state index in [-0.39, 0.29) is 6.10 Å². The van der Waals surface area contributed by atoms with Crippen molar-refractivity contribution >= 4 is 11.7 Å². The van der Waals surface area contributed by atoms with E-state index in [4.69, 9.17) is 23.7 Å². The van der Waals surface area contributed by atoms with Crippen molar-refractivity contribution in [2.24, 2.45) is 0 Å². The van der Waals surface area contributed by atoms with E-state index in [9.17, 15) is 9.90 Å². The Balaban J connectivity index is 1.51. The average Bonchev–Trinajstić information content (AvgIpc) is 3.36. The zero-order valence-electron chi connectivity index (χ0n) is 21.9. The first-order valence-electron chi connectivity index (χ1n) is 12.7. The van der Waals surface area contributed by atoms with Crippen LogP contribution in [-0.2, 0) is 20.9 Å². The topological polar surface area (TPSA) is 95.5 Å². The Morgan fingerprint density at radius 3 is 2.45 bits per heavy atom. The molecule has 3 aromatic rings. The number of aliphatic carboxylic acids is 1.